The van der Waals surface area contributed by atoms with Gasteiger partial charge in [-0.25, -0.2) is 0 Å². The van der Waals surface area contributed by atoms with Crippen molar-refractivity contribution in [2.75, 3.05) is 50.7 Å². The Balaban J connectivity index is 0.00000225. The summed E-state index contributed by atoms with van der Waals surface area (Å²) in [5.74, 6) is 1.95. The number of aromatic nitrogens is 4. The van der Waals surface area contributed by atoms with Gasteiger partial charge in [0.25, 0.3) is 0 Å². The first-order chi connectivity index (χ1) is 13.2. The lowest BCUT2D eigenvalue weighted by Gasteiger charge is -2.34. The van der Waals surface area contributed by atoms with Gasteiger partial charge in [0.05, 0.1) is 0 Å². The molecule has 4 rings (SSSR count). The van der Waals surface area contributed by atoms with E-state index in [9.17, 15) is 4.79 Å². The van der Waals surface area contributed by atoms with Gasteiger partial charge in [-0.1, -0.05) is 6.92 Å². The molecule has 0 atom stereocenters. The van der Waals surface area contributed by atoms with Crippen LogP contribution in [0.4, 0.5) is 5.82 Å². The van der Waals surface area contributed by atoms with Gasteiger partial charge < -0.3 is 14.7 Å². The van der Waals surface area contributed by atoms with E-state index in [1.165, 1.54) is 19.3 Å². The fourth-order valence-electron chi connectivity index (χ4n) is 3.96. The molecule has 9 heteroatoms. The molecule has 8 nitrogen and oxygen atoms in total. The fraction of sp³-hybridized carbons (Fsp3) is 0.684. The number of carbonyl (C=O) groups is 1. The zero-order valence-electron chi connectivity index (χ0n) is 16.6. The molecule has 2 aromatic rings. The van der Waals surface area contributed by atoms with Crippen LogP contribution in [-0.2, 0) is 11.2 Å². The van der Waals surface area contributed by atoms with Crippen molar-refractivity contribution in [3.8, 4) is 0 Å². The van der Waals surface area contributed by atoms with Gasteiger partial charge in [0.1, 0.15) is 5.82 Å². The zero-order chi connectivity index (χ0) is 18.6. The Morgan fingerprint density at radius 1 is 1.00 bits per heavy atom. The van der Waals surface area contributed by atoms with E-state index in [1.54, 1.807) is 0 Å². The maximum absolute atomic E-state index is 12.6. The van der Waals surface area contributed by atoms with Gasteiger partial charge in [-0.3, -0.25) is 4.79 Å². The standard InChI is InChI=1S/C19H29N7O.ClH/c1-2-23-12-14-25(15-13-23)19(27)9-8-17-21-20-16-6-7-18(22-26(16)17)24-10-4-3-5-11-24;/h6-7H,2-5,8-15H2,1H3;1H. The SMILES string of the molecule is CCN1CCN(C(=O)CCc2nnc3ccc(N4CCCCC4)nn23)CC1.Cl. The number of piperazine rings is 1. The van der Waals surface area contributed by atoms with Crippen LogP contribution in [-0.4, -0.2) is 81.3 Å². The first-order valence-electron chi connectivity index (χ1n) is 10.2. The average Bonchev–Trinajstić information content (AvgIpc) is 3.15. The molecule has 2 aromatic heterocycles. The molecule has 0 N–H and O–H groups in total. The van der Waals surface area contributed by atoms with E-state index >= 15 is 0 Å². The van der Waals surface area contributed by atoms with Crippen molar-refractivity contribution in [1.82, 2.24) is 29.6 Å². The molecule has 28 heavy (non-hydrogen) atoms. The second kappa shape index (κ2) is 9.52. The molecule has 0 spiro atoms. The summed E-state index contributed by atoms with van der Waals surface area (Å²) in [6.45, 7) is 8.91. The van der Waals surface area contributed by atoms with Gasteiger partial charge in [0.15, 0.2) is 11.5 Å². The van der Waals surface area contributed by atoms with Crippen molar-refractivity contribution in [3.63, 3.8) is 0 Å². The summed E-state index contributed by atoms with van der Waals surface area (Å²) >= 11 is 0. The molecule has 2 aliphatic rings. The Morgan fingerprint density at radius 2 is 1.75 bits per heavy atom. The maximum Gasteiger partial charge on any atom is 0.223 e. The quantitative estimate of drug-likeness (QED) is 0.750. The number of rotatable bonds is 5. The van der Waals surface area contributed by atoms with Crippen molar-refractivity contribution in [2.24, 2.45) is 0 Å². The van der Waals surface area contributed by atoms with Crippen LogP contribution in [0.2, 0.25) is 0 Å². The summed E-state index contributed by atoms with van der Waals surface area (Å²) in [4.78, 5) is 19.2. The molecule has 4 heterocycles. The van der Waals surface area contributed by atoms with Gasteiger partial charge in [-0.15, -0.1) is 27.7 Å². The number of fused-ring (bicyclic) bond motifs is 1. The number of halogens is 1. The highest BCUT2D eigenvalue weighted by atomic mass is 35.5. The van der Waals surface area contributed by atoms with Crippen LogP contribution in [0.1, 0.15) is 38.4 Å². The number of amides is 1. The highest BCUT2D eigenvalue weighted by Crippen LogP contribution is 2.18. The summed E-state index contributed by atoms with van der Waals surface area (Å²) in [6.07, 6.45) is 4.77. The first-order valence-corrected chi connectivity index (χ1v) is 10.2. The molecule has 0 unspecified atom stereocenters. The molecule has 2 fully saturated rings. The number of aryl methyl sites for hydroxylation is 1. The third-order valence-corrected chi connectivity index (χ3v) is 5.73. The third-order valence-electron chi connectivity index (χ3n) is 5.73. The van der Waals surface area contributed by atoms with Crippen molar-refractivity contribution < 1.29 is 4.79 Å². The summed E-state index contributed by atoms with van der Waals surface area (Å²) in [5, 5.41) is 13.3. The van der Waals surface area contributed by atoms with E-state index in [1.807, 2.05) is 21.5 Å². The topological polar surface area (TPSA) is 69.9 Å². The summed E-state index contributed by atoms with van der Waals surface area (Å²) in [5.41, 5.74) is 0.745. The van der Waals surface area contributed by atoms with Gasteiger partial charge in [-0.05, 0) is 37.9 Å². The normalized spacial score (nSPS) is 18.3. The largest absolute Gasteiger partial charge is 0.355 e. The smallest absolute Gasteiger partial charge is 0.223 e. The molecule has 0 aromatic carbocycles. The fourth-order valence-corrected chi connectivity index (χ4v) is 3.96. The van der Waals surface area contributed by atoms with E-state index in [0.717, 1.165) is 63.1 Å². The molecule has 0 radical (unpaired) electrons. The van der Waals surface area contributed by atoms with Crippen molar-refractivity contribution >= 4 is 29.8 Å². The van der Waals surface area contributed by atoms with E-state index in [4.69, 9.17) is 5.10 Å². The molecule has 1 amide bonds. The highest BCUT2D eigenvalue weighted by molar-refractivity contribution is 5.85. The van der Waals surface area contributed by atoms with Gasteiger partial charge in [-0.2, -0.15) is 4.52 Å². The zero-order valence-corrected chi connectivity index (χ0v) is 17.4. The lowest BCUT2D eigenvalue weighted by atomic mass is 10.1. The van der Waals surface area contributed by atoms with Crippen LogP contribution >= 0.6 is 12.4 Å². The van der Waals surface area contributed by atoms with Gasteiger partial charge >= 0.3 is 0 Å². The minimum absolute atomic E-state index is 0. The highest BCUT2D eigenvalue weighted by Gasteiger charge is 2.21. The maximum atomic E-state index is 12.6. The number of piperidine rings is 1. The second-order valence-corrected chi connectivity index (χ2v) is 7.44. The number of hydrogen-bond donors (Lipinski definition) is 0. The van der Waals surface area contributed by atoms with Crippen LogP contribution in [0, 0.1) is 0 Å². The van der Waals surface area contributed by atoms with E-state index in [-0.39, 0.29) is 18.3 Å². The van der Waals surface area contributed by atoms with E-state index < -0.39 is 0 Å². The second-order valence-electron chi connectivity index (χ2n) is 7.44. The Bertz CT molecular complexity index is 782. The predicted octanol–water partition coefficient (Wildman–Crippen LogP) is 1.63. The monoisotopic (exact) mass is 407 g/mol. The Kier molecular flexibility index (Phi) is 7.07. The van der Waals surface area contributed by atoms with E-state index in [2.05, 4.69) is 26.9 Å². The van der Waals surface area contributed by atoms with Crippen molar-refractivity contribution in [2.45, 2.75) is 39.0 Å². The molecule has 0 saturated carbocycles. The molecule has 154 valence electrons. The summed E-state index contributed by atoms with van der Waals surface area (Å²) in [7, 11) is 0. The van der Waals surface area contributed by atoms with Crippen LogP contribution in [0.25, 0.3) is 5.65 Å². The Labute approximate surface area is 172 Å². The van der Waals surface area contributed by atoms with E-state index in [0.29, 0.717) is 12.8 Å². The lowest BCUT2D eigenvalue weighted by molar-refractivity contribution is -0.132. The summed E-state index contributed by atoms with van der Waals surface area (Å²) < 4.78 is 1.81. The predicted molar refractivity (Wildman–Crippen MR) is 111 cm³/mol. The minimum Gasteiger partial charge on any atom is -0.355 e. The van der Waals surface area contributed by atoms with Gasteiger partial charge in [0, 0.05) is 52.1 Å². The van der Waals surface area contributed by atoms with Crippen LogP contribution in [0.15, 0.2) is 12.1 Å². The number of likely N-dealkylation sites (N-methyl/N-ethyl adjacent to an activating group) is 1. The van der Waals surface area contributed by atoms with Gasteiger partial charge in [0.2, 0.25) is 5.91 Å². The molecular weight excluding hydrogens is 378 g/mol. The number of nitrogens with zero attached hydrogens (tertiary/aromatic N) is 7. The number of anilines is 1. The minimum atomic E-state index is 0. The number of hydrogen-bond acceptors (Lipinski definition) is 6. The first kappa shape index (κ1) is 20.8. The van der Waals surface area contributed by atoms with Crippen molar-refractivity contribution in [3.05, 3.63) is 18.0 Å². The summed E-state index contributed by atoms with van der Waals surface area (Å²) in [6, 6.07) is 4.00. The van der Waals surface area contributed by atoms with Crippen LogP contribution < -0.4 is 4.90 Å². The molecule has 0 bridgehead atoms. The molecule has 2 aliphatic heterocycles. The van der Waals surface area contributed by atoms with Crippen LogP contribution in [0.3, 0.4) is 0 Å². The molecule has 2 saturated heterocycles. The molecule has 0 aliphatic carbocycles. The van der Waals surface area contributed by atoms with Crippen LogP contribution in [0.5, 0.6) is 0 Å². The molecular formula is C19H30ClN7O. The lowest BCUT2D eigenvalue weighted by Crippen LogP contribution is -2.48. The number of carbonyl (C=O) groups excluding carboxylic acids is 1. The average molecular weight is 408 g/mol. The Morgan fingerprint density at radius 3 is 2.46 bits per heavy atom. The Hall–Kier alpha value is -1.93. The van der Waals surface area contributed by atoms with Crippen molar-refractivity contribution in [1.29, 1.82) is 0 Å². The third kappa shape index (κ3) is 4.55.